The van der Waals surface area contributed by atoms with Gasteiger partial charge in [0.2, 0.25) is 0 Å². The number of carbonyl (C=O) groups is 1. The molecule has 5 nitrogen and oxygen atoms in total. The van der Waals surface area contributed by atoms with Crippen molar-refractivity contribution >= 4 is 72.9 Å². The Balaban J connectivity index is 1.73. The maximum Gasteiger partial charge on any atom is 0.348 e. The van der Waals surface area contributed by atoms with Crippen LogP contribution in [0.25, 0.3) is 31.8 Å². The first-order valence-electron chi connectivity index (χ1n) is 8.09. The highest BCUT2D eigenvalue weighted by molar-refractivity contribution is 7.20. The first-order chi connectivity index (χ1) is 13.5. The van der Waals surface area contributed by atoms with Gasteiger partial charge in [-0.05, 0) is 41.5 Å². The quantitative estimate of drug-likeness (QED) is 0.412. The van der Waals surface area contributed by atoms with E-state index in [0.717, 1.165) is 21.8 Å². The molecule has 0 radical (unpaired) electrons. The third-order valence-corrected chi connectivity index (χ3v) is 7.34. The monoisotopic (exact) mass is 448 g/mol. The molecule has 0 aromatic carbocycles. The Morgan fingerprint density at radius 3 is 2.89 bits per heavy atom. The standard InChI is InChI=1S/C19H13ClN2O3S3/c1-9-14-17(23)21-16(22-18(14)28-15(9)19(24)25-2)12(20)7-11-6-10(8-27-11)13-4-3-5-26-13/h3-8H,1-2H3,(H,21,22,23). The summed E-state index contributed by atoms with van der Waals surface area (Å²) in [4.78, 5) is 34.5. The number of fused-ring (bicyclic) bond motifs is 1. The zero-order valence-corrected chi connectivity index (χ0v) is 17.9. The summed E-state index contributed by atoms with van der Waals surface area (Å²) in [6.07, 6.45) is 1.77. The number of hydrogen-bond donors (Lipinski definition) is 1. The number of aromatic amines is 1. The molecule has 0 spiro atoms. The molecule has 1 N–H and O–H groups in total. The van der Waals surface area contributed by atoms with Crippen molar-refractivity contribution in [2.45, 2.75) is 6.92 Å². The molecule has 28 heavy (non-hydrogen) atoms. The molecule has 0 aliphatic carbocycles. The zero-order chi connectivity index (χ0) is 19.8. The number of carbonyl (C=O) groups excluding carboxylic acids is 1. The van der Waals surface area contributed by atoms with E-state index in [1.165, 1.54) is 12.0 Å². The maximum absolute atomic E-state index is 12.5. The molecule has 0 fully saturated rings. The summed E-state index contributed by atoms with van der Waals surface area (Å²) in [5, 5.41) is 4.80. The number of H-pyrrole nitrogens is 1. The predicted molar refractivity (Wildman–Crippen MR) is 118 cm³/mol. The Morgan fingerprint density at radius 2 is 2.18 bits per heavy atom. The van der Waals surface area contributed by atoms with Crippen LogP contribution in [0.2, 0.25) is 0 Å². The van der Waals surface area contributed by atoms with Crippen LogP contribution < -0.4 is 5.56 Å². The second-order valence-corrected chi connectivity index (χ2v) is 9.15. The van der Waals surface area contributed by atoms with Crippen LogP contribution in [0.15, 0.2) is 33.8 Å². The van der Waals surface area contributed by atoms with Gasteiger partial charge in [-0.2, -0.15) is 0 Å². The van der Waals surface area contributed by atoms with Crippen LogP contribution in [-0.4, -0.2) is 23.0 Å². The highest BCUT2D eigenvalue weighted by atomic mass is 35.5. The van der Waals surface area contributed by atoms with Gasteiger partial charge >= 0.3 is 5.97 Å². The molecule has 0 aliphatic heterocycles. The van der Waals surface area contributed by atoms with Crippen molar-refractivity contribution < 1.29 is 9.53 Å². The van der Waals surface area contributed by atoms with Crippen molar-refractivity contribution in [2.75, 3.05) is 7.11 Å². The molecule has 0 saturated carbocycles. The predicted octanol–water partition coefficient (Wildman–Crippen LogP) is 5.61. The third kappa shape index (κ3) is 3.44. The zero-order valence-electron chi connectivity index (χ0n) is 14.7. The number of methoxy groups -OCH3 is 1. The van der Waals surface area contributed by atoms with Crippen molar-refractivity contribution in [2.24, 2.45) is 0 Å². The maximum atomic E-state index is 12.5. The summed E-state index contributed by atoms with van der Waals surface area (Å²) < 4.78 is 4.77. The van der Waals surface area contributed by atoms with Crippen LogP contribution in [0.3, 0.4) is 0 Å². The fraction of sp³-hybridized carbons (Fsp3) is 0.105. The summed E-state index contributed by atoms with van der Waals surface area (Å²) >= 11 is 10.8. The average Bonchev–Trinajstić information content (AvgIpc) is 3.41. The van der Waals surface area contributed by atoms with Crippen molar-refractivity contribution in [3.8, 4) is 10.4 Å². The fourth-order valence-corrected chi connectivity index (χ4v) is 5.74. The Morgan fingerprint density at radius 1 is 1.36 bits per heavy atom. The SMILES string of the molecule is COC(=O)c1sc2nc(C(Cl)=Cc3cc(-c4cccs4)cs3)[nH]c(=O)c2c1C. The van der Waals surface area contributed by atoms with Gasteiger partial charge in [-0.1, -0.05) is 17.7 Å². The second kappa shape index (κ2) is 7.63. The molecule has 4 aromatic rings. The van der Waals surface area contributed by atoms with Crippen LogP contribution in [0.1, 0.15) is 25.9 Å². The highest BCUT2D eigenvalue weighted by Gasteiger charge is 2.20. The summed E-state index contributed by atoms with van der Waals surface area (Å²) in [6, 6.07) is 6.11. The molecule has 0 amide bonds. The largest absolute Gasteiger partial charge is 0.465 e. The van der Waals surface area contributed by atoms with Gasteiger partial charge in [-0.25, -0.2) is 9.78 Å². The Kier molecular flexibility index (Phi) is 5.20. The molecule has 142 valence electrons. The van der Waals surface area contributed by atoms with E-state index in [1.807, 2.05) is 17.5 Å². The first kappa shape index (κ1) is 19.1. The number of aryl methyl sites for hydroxylation is 1. The summed E-state index contributed by atoms with van der Waals surface area (Å²) in [7, 11) is 1.31. The molecule has 0 bridgehead atoms. The van der Waals surface area contributed by atoms with E-state index in [4.69, 9.17) is 16.3 Å². The molecule has 4 heterocycles. The van der Waals surface area contributed by atoms with Crippen LogP contribution in [0.5, 0.6) is 0 Å². The second-order valence-electron chi connectivity index (χ2n) is 5.85. The molecular formula is C19H13ClN2O3S3. The molecule has 4 rings (SSSR count). The number of rotatable bonds is 4. The minimum atomic E-state index is -0.484. The molecule has 0 aliphatic rings. The van der Waals surface area contributed by atoms with E-state index >= 15 is 0 Å². The van der Waals surface area contributed by atoms with Crippen LogP contribution in [-0.2, 0) is 4.74 Å². The van der Waals surface area contributed by atoms with Crippen molar-refractivity contribution in [3.05, 3.63) is 60.5 Å². The Hall–Kier alpha value is -2.26. The van der Waals surface area contributed by atoms with Crippen LogP contribution in [0, 0.1) is 6.92 Å². The van der Waals surface area contributed by atoms with Gasteiger partial charge in [0.15, 0.2) is 5.82 Å². The number of halogens is 1. The van der Waals surface area contributed by atoms with E-state index in [2.05, 4.69) is 21.4 Å². The number of esters is 1. The Labute approximate surface area is 176 Å². The lowest BCUT2D eigenvalue weighted by Crippen LogP contribution is -2.10. The number of hydrogen-bond acceptors (Lipinski definition) is 7. The van der Waals surface area contributed by atoms with Crippen LogP contribution >= 0.6 is 45.6 Å². The molecule has 9 heteroatoms. The summed E-state index contributed by atoms with van der Waals surface area (Å²) in [6.45, 7) is 1.71. The lowest BCUT2D eigenvalue weighted by atomic mass is 10.2. The number of nitrogens with zero attached hydrogens (tertiary/aromatic N) is 1. The minimum absolute atomic E-state index is 0.267. The van der Waals surface area contributed by atoms with E-state index < -0.39 is 5.97 Å². The molecule has 0 saturated heterocycles. The topological polar surface area (TPSA) is 72.0 Å². The van der Waals surface area contributed by atoms with Gasteiger partial charge in [-0.15, -0.1) is 34.0 Å². The van der Waals surface area contributed by atoms with Crippen LogP contribution in [0.4, 0.5) is 0 Å². The molecule has 0 atom stereocenters. The first-order valence-corrected chi connectivity index (χ1v) is 11.0. The molecule has 0 unspecified atom stereocenters. The van der Waals surface area contributed by atoms with Crippen molar-refractivity contribution in [3.63, 3.8) is 0 Å². The summed E-state index contributed by atoms with van der Waals surface area (Å²) in [5.74, 6) is -0.217. The van der Waals surface area contributed by atoms with Crippen molar-refractivity contribution in [1.82, 2.24) is 9.97 Å². The number of thiophene rings is 3. The molecular weight excluding hydrogens is 436 g/mol. The van der Waals surface area contributed by atoms with E-state index in [-0.39, 0.29) is 11.4 Å². The van der Waals surface area contributed by atoms with Gasteiger partial charge in [0.05, 0.1) is 17.5 Å². The third-order valence-electron chi connectivity index (χ3n) is 4.09. The molecule has 4 aromatic heterocycles. The van der Waals surface area contributed by atoms with Gasteiger partial charge in [0, 0.05) is 15.3 Å². The summed E-state index contributed by atoms with van der Waals surface area (Å²) in [5.41, 5.74) is 1.36. The van der Waals surface area contributed by atoms with Gasteiger partial charge in [-0.3, -0.25) is 4.79 Å². The minimum Gasteiger partial charge on any atom is -0.465 e. The van der Waals surface area contributed by atoms with E-state index in [9.17, 15) is 9.59 Å². The lowest BCUT2D eigenvalue weighted by molar-refractivity contribution is 0.0605. The fourth-order valence-electron chi connectivity index (χ4n) is 2.74. The normalized spacial score (nSPS) is 11.9. The Bertz CT molecular complexity index is 1270. The number of ether oxygens (including phenoxy) is 1. The van der Waals surface area contributed by atoms with E-state index in [1.54, 1.807) is 35.7 Å². The van der Waals surface area contributed by atoms with Gasteiger partial charge in [0.1, 0.15) is 9.71 Å². The smallest absolute Gasteiger partial charge is 0.348 e. The number of nitrogens with one attached hydrogen (secondary N) is 1. The highest BCUT2D eigenvalue weighted by Crippen LogP contribution is 2.32. The van der Waals surface area contributed by atoms with Gasteiger partial charge < -0.3 is 9.72 Å². The van der Waals surface area contributed by atoms with Crippen molar-refractivity contribution in [1.29, 1.82) is 0 Å². The van der Waals surface area contributed by atoms with Gasteiger partial charge in [0.25, 0.3) is 5.56 Å². The lowest BCUT2D eigenvalue weighted by Gasteiger charge is -1.99. The average molecular weight is 449 g/mol. The number of aromatic nitrogens is 2. The van der Waals surface area contributed by atoms with E-state index in [0.29, 0.717) is 25.7 Å².